The Morgan fingerprint density at radius 3 is 2.61 bits per heavy atom. The summed E-state index contributed by atoms with van der Waals surface area (Å²) in [6.07, 6.45) is 2.05. The molecule has 2 nitrogen and oxygen atoms in total. The fourth-order valence-electron chi connectivity index (χ4n) is 1.53. The van der Waals surface area contributed by atoms with Crippen LogP contribution in [0.2, 0.25) is 10.0 Å². The molecular weight excluding hydrogens is 289 g/mol. The molecule has 0 aliphatic rings. The van der Waals surface area contributed by atoms with Crippen molar-refractivity contribution < 1.29 is 4.42 Å². The molecule has 0 saturated heterocycles. The van der Waals surface area contributed by atoms with E-state index in [1.807, 2.05) is 18.2 Å². The number of nitrogens with one attached hydrogen (secondary N) is 1. The molecule has 2 aromatic rings. The quantitative estimate of drug-likeness (QED) is 0.835. The molecule has 0 radical (unpaired) electrons. The predicted molar refractivity (Wildman–Crippen MR) is 79.7 cm³/mol. The first-order valence-corrected chi connectivity index (χ1v) is 7.59. The zero-order chi connectivity index (χ0) is 13.0. The minimum absolute atomic E-state index is 0.546. The monoisotopic (exact) mass is 301 g/mol. The van der Waals surface area contributed by atoms with Gasteiger partial charge in [-0.2, -0.15) is 11.8 Å². The molecule has 5 heteroatoms. The van der Waals surface area contributed by atoms with Crippen molar-refractivity contribution >= 4 is 40.7 Å². The van der Waals surface area contributed by atoms with Crippen LogP contribution in [0.5, 0.6) is 0 Å². The summed E-state index contributed by atoms with van der Waals surface area (Å²) in [7, 11) is 0. The summed E-state index contributed by atoms with van der Waals surface area (Å²) < 4.78 is 5.66. The maximum atomic E-state index is 5.94. The van der Waals surface area contributed by atoms with Gasteiger partial charge in [0.2, 0.25) is 0 Å². The van der Waals surface area contributed by atoms with Gasteiger partial charge < -0.3 is 9.73 Å². The lowest BCUT2D eigenvalue weighted by atomic mass is 10.3. The molecule has 96 valence electrons. The van der Waals surface area contributed by atoms with Crippen LogP contribution in [0.3, 0.4) is 0 Å². The van der Waals surface area contributed by atoms with Crippen molar-refractivity contribution in [2.45, 2.75) is 12.3 Å². The zero-order valence-corrected chi connectivity index (χ0v) is 12.2. The summed E-state index contributed by atoms with van der Waals surface area (Å²) in [5.74, 6) is 2.80. The molecule has 1 aromatic heterocycles. The molecule has 0 saturated carbocycles. The molecule has 0 spiro atoms. The average molecular weight is 302 g/mol. The fraction of sp³-hybridized carbons (Fsp3) is 0.231. The van der Waals surface area contributed by atoms with Crippen molar-refractivity contribution in [1.82, 2.24) is 0 Å². The van der Waals surface area contributed by atoms with E-state index in [1.165, 1.54) is 0 Å². The first kappa shape index (κ1) is 13.7. The van der Waals surface area contributed by atoms with Crippen LogP contribution in [0.1, 0.15) is 11.5 Å². The first-order chi connectivity index (χ1) is 8.69. The van der Waals surface area contributed by atoms with Crippen LogP contribution < -0.4 is 5.32 Å². The van der Waals surface area contributed by atoms with Crippen LogP contribution in [0.4, 0.5) is 5.69 Å². The van der Waals surface area contributed by atoms with Crippen LogP contribution in [0.15, 0.2) is 34.7 Å². The van der Waals surface area contributed by atoms with E-state index in [2.05, 4.69) is 11.6 Å². The van der Waals surface area contributed by atoms with Crippen molar-refractivity contribution in [2.75, 3.05) is 11.6 Å². The Morgan fingerprint density at radius 1 is 1.11 bits per heavy atom. The molecule has 1 N–H and O–H groups in total. The number of benzene rings is 1. The number of anilines is 1. The predicted octanol–water partition coefficient (Wildman–Crippen LogP) is 5.06. The normalized spacial score (nSPS) is 10.6. The SMILES string of the molecule is CSCc1ccc(CNc2ccc(Cl)c(Cl)c2)o1. The second-order valence-electron chi connectivity index (χ2n) is 3.78. The van der Waals surface area contributed by atoms with Gasteiger partial charge in [-0.3, -0.25) is 0 Å². The standard InChI is InChI=1S/C13H13Cl2NOS/c1-18-8-11-4-3-10(17-11)7-16-9-2-5-12(14)13(15)6-9/h2-6,16H,7-8H2,1H3. The molecule has 2 rings (SSSR count). The highest BCUT2D eigenvalue weighted by Crippen LogP contribution is 2.25. The molecule has 18 heavy (non-hydrogen) atoms. The third-order valence-electron chi connectivity index (χ3n) is 2.39. The maximum Gasteiger partial charge on any atom is 0.123 e. The second kappa shape index (κ2) is 6.41. The summed E-state index contributed by atoms with van der Waals surface area (Å²) in [6.45, 7) is 0.631. The third kappa shape index (κ3) is 3.61. The maximum absolute atomic E-state index is 5.94. The molecule has 0 atom stereocenters. The number of halogens is 2. The molecule has 0 amide bonds. The van der Waals surface area contributed by atoms with E-state index in [0.717, 1.165) is 23.0 Å². The topological polar surface area (TPSA) is 25.2 Å². The highest BCUT2D eigenvalue weighted by atomic mass is 35.5. The largest absolute Gasteiger partial charge is 0.463 e. The van der Waals surface area contributed by atoms with Gasteiger partial charge in [0.25, 0.3) is 0 Å². The van der Waals surface area contributed by atoms with Crippen molar-refractivity contribution in [2.24, 2.45) is 0 Å². The van der Waals surface area contributed by atoms with Crippen molar-refractivity contribution in [3.63, 3.8) is 0 Å². The summed E-state index contributed by atoms with van der Waals surface area (Å²) in [5.41, 5.74) is 0.923. The summed E-state index contributed by atoms with van der Waals surface area (Å²) in [5, 5.41) is 4.34. The smallest absolute Gasteiger partial charge is 0.123 e. The van der Waals surface area contributed by atoms with Crippen molar-refractivity contribution in [3.8, 4) is 0 Å². The van der Waals surface area contributed by atoms with E-state index in [-0.39, 0.29) is 0 Å². The van der Waals surface area contributed by atoms with Gasteiger partial charge in [-0.1, -0.05) is 23.2 Å². The van der Waals surface area contributed by atoms with E-state index in [0.29, 0.717) is 16.6 Å². The Labute approximate surface area is 121 Å². The van der Waals surface area contributed by atoms with Crippen LogP contribution in [-0.4, -0.2) is 6.26 Å². The van der Waals surface area contributed by atoms with Gasteiger partial charge in [-0.25, -0.2) is 0 Å². The van der Waals surface area contributed by atoms with E-state index in [1.54, 1.807) is 23.9 Å². The Kier molecular flexibility index (Phi) is 4.87. The van der Waals surface area contributed by atoms with Gasteiger partial charge in [0.15, 0.2) is 0 Å². The minimum atomic E-state index is 0.546. The molecule has 0 unspecified atom stereocenters. The van der Waals surface area contributed by atoms with E-state index < -0.39 is 0 Å². The van der Waals surface area contributed by atoms with E-state index in [4.69, 9.17) is 27.6 Å². The van der Waals surface area contributed by atoms with Gasteiger partial charge in [0, 0.05) is 5.69 Å². The number of hydrogen-bond donors (Lipinski definition) is 1. The number of rotatable bonds is 5. The van der Waals surface area contributed by atoms with Gasteiger partial charge >= 0.3 is 0 Å². The highest BCUT2D eigenvalue weighted by Gasteiger charge is 2.03. The highest BCUT2D eigenvalue weighted by molar-refractivity contribution is 7.97. The molecule has 0 aliphatic carbocycles. The van der Waals surface area contributed by atoms with Crippen molar-refractivity contribution in [1.29, 1.82) is 0 Å². The van der Waals surface area contributed by atoms with E-state index in [9.17, 15) is 0 Å². The number of hydrogen-bond acceptors (Lipinski definition) is 3. The molecule has 1 heterocycles. The molecule has 0 aliphatic heterocycles. The van der Waals surface area contributed by atoms with Gasteiger partial charge in [0.1, 0.15) is 11.5 Å². The van der Waals surface area contributed by atoms with Crippen LogP contribution in [-0.2, 0) is 12.3 Å². The molecular formula is C13H13Cl2NOS. The molecule has 1 aromatic carbocycles. The first-order valence-electron chi connectivity index (χ1n) is 5.44. The Morgan fingerprint density at radius 2 is 1.89 bits per heavy atom. The second-order valence-corrected chi connectivity index (χ2v) is 5.46. The Bertz CT molecular complexity index is 527. The van der Waals surface area contributed by atoms with Crippen LogP contribution >= 0.6 is 35.0 Å². The number of furan rings is 1. The molecule has 0 bridgehead atoms. The lowest BCUT2D eigenvalue weighted by Gasteiger charge is -2.05. The lowest BCUT2D eigenvalue weighted by molar-refractivity contribution is 0.487. The van der Waals surface area contributed by atoms with Crippen LogP contribution in [0, 0.1) is 0 Å². The summed E-state index contributed by atoms with van der Waals surface area (Å²) in [6, 6.07) is 9.45. The minimum Gasteiger partial charge on any atom is -0.463 e. The summed E-state index contributed by atoms with van der Waals surface area (Å²) in [4.78, 5) is 0. The average Bonchev–Trinajstić information content (AvgIpc) is 2.79. The van der Waals surface area contributed by atoms with E-state index >= 15 is 0 Å². The molecule has 0 fully saturated rings. The fourth-order valence-corrected chi connectivity index (χ4v) is 2.27. The van der Waals surface area contributed by atoms with Gasteiger partial charge in [-0.05, 0) is 36.6 Å². The Hall–Kier alpha value is -0.770. The third-order valence-corrected chi connectivity index (χ3v) is 3.70. The van der Waals surface area contributed by atoms with Crippen LogP contribution in [0.25, 0.3) is 0 Å². The summed E-state index contributed by atoms with van der Waals surface area (Å²) >= 11 is 13.5. The van der Waals surface area contributed by atoms with Gasteiger partial charge in [-0.15, -0.1) is 0 Å². The zero-order valence-electron chi connectivity index (χ0n) is 9.87. The lowest BCUT2D eigenvalue weighted by Crippen LogP contribution is -1.97. The number of thioether (sulfide) groups is 1. The Balaban J connectivity index is 1.95. The van der Waals surface area contributed by atoms with Crippen molar-refractivity contribution in [3.05, 3.63) is 51.9 Å². The van der Waals surface area contributed by atoms with Gasteiger partial charge in [0.05, 0.1) is 22.3 Å².